The Labute approximate surface area is 76.3 Å². The van der Waals surface area contributed by atoms with Crippen LogP contribution in [0.4, 0.5) is 0 Å². The van der Waals surface area contributed by atoms with Crippen molar-refractivity contribution in [1.82, 2.24) is 0 Å². The highest BCUT2D eigenvalue weighted by Gasteiger charge is 2.00. The van der Waals surface area contributed by atoms with Gasteiger partial charge in [0, 0.05) is 0 Å². The maximum absolute atomic E-state index is 9.28. The van der Waals surface area contributed by atoms with Gasteiger partial charge in [0.25, 0.3) is 0 Å². The lowest BCUT2D eigenvalue weighted by molar-refractivity contribution is 0.567. The monoisotopic (exact) mass is 190 g/mol. The average molecular weight is 190 g/mol. The van der Waals surface area contributed by atoms with Crippen molar-refractivity contribution in [2.24, 2.45) is 0 Å². The molecule has 0 fully saturated rings. The van der Waals surface area contributed by atoms with Gasteiger partial charge in [-0.25, -0.2) is 0 Å². The van der Waals surface area contributed by atoms with E-state index in [-0.39, 0.29) is 5.05 Å². The Balaban J connectivity index is 4.75. The number of aliphatic hydroxyl groups is 1. The molecule has 64 valence electrons. The van der Waals surface area contributed by atoms with Crippen LogP contribution in [0.15, 0.2) is 11.1 Å². The summed E-state index contributed by atoms with van der Waals surface area (Å²) in [5, 5.41) is 9.55. The lowest BCUT2D eigenvalue weighted by atomic mass is 10.1. The summed E-state index contributed by atoms with van der Waals surface area (Å²) in [5.41, 5.74) is 2.23. The van der Waals surface area contributed by atoms with Gasteiger partial charge in [0.05, 0.1) is 0 Å². The molecular weight excluding hydrogens is 176 g/mol. The predicted molar refractivity (Wildman–Crippen MR) is 55.6 cm³/mol. The molecule has 0 radical (unpaired) electrons. The molecular formula is C8H14OS2. The van der Waals surface area contributed by atoms with Crippen LogP contribution in [0.3, 0.4) is 0 Å². The van der Waals surface area contributed by atoms with Crippen LogP contribution in [0, 0.1) is 0 Å². The van der Waals surface area contributed by atoms with Gasteiger partial charge in [0.2, 0.25) is 0 Å². The van der Waals surface area contributed by atoms with E-state index in [1.54, 1.807) is 0 Å². The summed E-state index contributed by atoms with van der Waals surface area (Å²) in [4.78, 5) is 0. The molecule has 0 amide bonds. The van der Waals surface area contributed by atoms with E-state index in [4.69, 9.17) is 0 Å². The minimum absolute atomic E-state index is 0.277. The van der Waals surface area contributed by atoms with Gasteiger partial charge in [-0.2, -0.15) is 0 Å². The summed E-state index contributed by atoms with van der Waals surface area (Å²) in [6.07, 6.45) is 1.98. The molecule has 11 heavy (non-hydrogen) atoms. The SMILES string of the molecule is CCC(CC)=C(C)C(O)=S=S. The molecule has 0 saturated heterocycles. The van der Waals surface area contributed by atoms with E-state index in [1.165, 1.54) is 5.57 Å². The van der Waals surface area contributed by atoms with Crippen molar-refractivity contribution < 1.29 is 5.11 Å². The summed E-state index contributed by atoms with van der Waals surface area (Å²) in [6, 6.07) is 0. The highest BCUT2D eigenvalue weighted by molar-refractivity contribution is 8.17. The maximum atomic E-state index is 9.28. The predicted octanol–water partition coefficient (Wildman–Crippen LogP) is 2.36. The van der Waals surface area contributed by atoms with Gasteiger partial charge in [-0.05, 0) is 46.4 Å². The van der Waals surface area contributed by atoms with Crippen molar-refractivity contribution in [1.29, 1.82) is 0 Å². The van der Waals surface area contributed by atoms with Gasteiger partial charge in [0.15, 0.2) is 0 Å². The Morgan fingerprint density at radius 3 is 2.09 bits per heavy atom. The van der Waals surface area contributed by atoms with E-state index >= 15 is 0 Å². The Morgan fingerprint density at radius 2 is 1.82 bits per heavy atom. The fourth-order valence-corrected chi connectivity index (χ4v) is 1.64. The van der Waals surface area contributed by atoms with Crippen LogP contribution in [-0.4, -0.2) is 10.2 Å². The van der Waals surface area contributed by atoms with E-state index in [0.717, 1.165) is 28.3 Å². The zero-order valence-electron chi connectivity index (χ0n) is 7.18. The smallest absolute Gasteiger partial charge is 0.139 e. The van der Waals surface area contributed by atoms with Gasteiger partial charge in [-0.1, -0.05) is 19.4 Å². The highest BCUT2D eigenvalue weighted by Crippen LogP contribution is 2.11. The molecule has 0 unspecified atom stereocenters. The lowest BCUT2D eigenvalue weighted by Gasteiger charge is -2.04. The molecule has 1 N–H and O–H groups in total. The van der Waals surface area contributed by atoms with E-state index in [9.17, 15) is 5.11 Å². The number of allylic oxidation sites excluding steroid dienone is 1. The van der Waals surface area contributed by atoms with Gasteiger partial charge >= 0.3 is 0 Å². The summed E-state index contributed by atoms with van der Waals surface area (Å²) < 4.78 is 0. The van der Waals surface area contributed by atoms with Crippen molar-refractivity contribution in [2.45, 2.75) is 33.6 Å². The number of aliphatic hydroxyl groups excluding tert-OH is 1. The van der Waals surface area contributed by atoms with E-state index < -0.39 is 0 Å². The Kier molecular flexibility index (Phi) is 5.64. The second-order valence-electron chi connectivity index (χ2n) is 2.32. The summed E-state index contributed by atoms with van der Waals surface area (Å²) >= 11 is 4.66. The van der Waals surface area contributed by atoms with Crippen molar-refractivity contribution in [3.05, 3.63) is 11.1 Å². The van der Waals surface area contributed by atoms with Crippen LogP contribution in [0.2, 0.25) is 0 Å². The number of hydrogen-bond acceptors (Lipinski definition) is 1. The third-order valence-corrected chi connectivity index (χ3v) is 2.72. The quantitative estimate of drug-likeness (QED) is 0.544. The summed E-state index contributed by atoms with van der Waals surface area (Å²) in [7, 11) is 0.990. The van der Waals surface area contributed by atoms with E-state index in [2.05, 4.69) is 25.0 Å². The van der Waals surface area contributed by atoms with Gasteiger partial charge in [-0.15, -0.1) is 0 Å². The van der Waals surface area contributed by atoms with Crippen molar-refractivity contribution in [3.63, 3.8) is 0 Å². The van der Waals surface area contributed by atoms with Crippen molar-refractivity contribution >= 4 is 26.1 Å². The standard InChI is InChI=1S/C8H14OS2/c1-4-7(5-2)6(3)8(9)11-10/h9H,4-5H2,1-3H3. The summed E-state index contributed by atoms with van der Waals surface area (Å²) in [6.45, 7) is 6.09. The maximum Gasteiger partial charge on any atom is 0.139 e. The minimum atomic E-state index is 0.277. The third-order valence-electron chi connectivity index (χ3n) is 1.78. The minimum Gasteiger partial charge on any atom is -0.351 e. The summed E-state index contributed by atoms with van der Waals surface area (Å²) in [5.74, 6) is 0. The Hall–Kier alpha value is 0.0100. The van der Waals surface area contributed by atoms with E-state index in [0.29, 0.717) is 0 Å². The molecule has 0 rings (SSSR count). The second kappa shape index (κ2) is 5.63. The highest BCUT2D eigenvalue weighted by atomic mass is 32.8. The fourth-order valence-electron chi connectivity index (χ4n) is 0.994. The number of rotatable bonds is 3. The van der Waals surface area contributed by atoms with E-state index in [1.807, 2.05) is 6.92 Å². The van der Waals surface area contributed by atoms with Crippen LogP contribution in [0.5, 0.6) is 0 Å². The molecule has 3 heteroatoms. The molecule has 0 atom stereocenters. The third kappa shape index (κ3) is 3.27. The van der Waals surface area contributed by atoms with Gasteiger partial charge in [-0.3, -0.25) is 0 Å². The first kappa shape index (κ1) is 11.0. The van der Waals surface area contributed by atoms with Crippen LogP contribution in [-0.2, 0) is 21.1 Å². The Morgan fingerprint density at radius 1 is 1.36 bits per heavy atom. The van der Waals surface area contributed by atoms with Crippen LogP contribution in [0.1, 0.15) is 33.6 Å². The average Bonchev–Trinajstić information content (AvgIpc) is 2.05. The molecule has 0 aliphatic heterocycles. The molecule has 0 saturated carbocycles. The zero-order chi connectivity index (χ0) is 8.85. The van der Waals surface area contributed by atoms with Crippen LogP contribution < -0.4 is 0 Å². The molecule has 0 aromatic heterocycles. The Bertz CT molecular complexity index is 206. The molecule has 0 aliphatic carbocycles. The van der Waals surface area contributed by atoms with Gasteiger partial charge in [0.1, 0.15) is 5.05 Å². The normalized spacial score (nSPS) is 9.09. The fraction of sp³-hybridized carbons (Fsp3) is 0.625. The zero-order valence-corrected chi connectivity index (χ0v) is 8.81. The first-order valence-electron chi connectivity index (χ1n) is 3.72. The first-order chi connectivity index (χ1) is 5.17. The number of hydrogen-bond donors (Lipinski definition) is 1. The lowest BCUT2D eigenvalue weighted by Crippen LogP contribution is -2.00. The van der Waals surface area contributed by atoms with Crippen molar-refractivity contribution in [2.75, 3.05) is 0 Å². The second-order valence-corrected chi connectivity index (χ2v) is 3.38. The van der Waals surface area contributed by atoms with Crippen molar-refractivity contribution in [3.8, 4) is 0 Å². The molecule has 0 heterocycles. The topological polar surface area (TPSA) is 20.2 Å². The molecule has 0 aromatic carbocycles. The molecule has 0 bridgehead atoms. The van der Waals surface area contributed by atoms with Crippen LogP contribution in [0.25, 0.3) is 0 Å². The first-order valence-corrected chi connectivity index (χ1v) is 5.46. The van der Waals surface area contributed by atoms with Crippen LogP contribution >= 0.6 is 0 Å². The molecule has 1 nitrogen and oxygen atoms in total. The molecule has 0 aliphatic rings. The molecule has 0 aromatic rings. The van der Waals surface area contributed by atoms with Gasteiger partial charge < -0.3 is 5.11 Å². The molecule has 0 spiro atoms. The largest absolute Gasteiger partial charge is 0.351 e.